The molecule has 3 heterocycles. The van der Waals surface area contributed by atoms with Crippen molar-refractivity contribution in [1.29, 1.82) is 0 Å². The van der Waals surface area contributed by atoms with Crippen molar-refractivity contribution in [3.05, 3.63) is 23.8 Å². The fraction of sp³-hybridized carbons (Fsp3) is 0.636. The highest BCUT2D eigenvalue weighted by atomic mass is 16.6. The number of carbonyl (C=O) groups is 4. The van der Waals surface area contributed by atoms with Gasteiger partial charge in [-0.25, -0.2) is 0 Å². The first-order chi connectivity index (χ1) is 13.9. The highest BCUT2D eigenvalue weighted by Gasteiger charge is 2.92. The summed E-state index contributed by atoms with van der Waals surface area (Å²) in [5.41, 5.74) is -1.01. The Hall–Kier alpha value is -2.16. The Bertz CT molecular complexity index is 907. The summed E-state index contributed by atoms with van der Waals surface area (Å²) in [6.07, 6.45) is 1.92. The molecule has 0 aromatic carbocycles. The highest BCUT2D eigenvalue weighted by molar-refractivity contribution is 6.43. The minimum absolute atomic E-state index is 0.193. The molecule has 1 saturated carbocycles. The zero-order valence-electron chi connectivity index (χ0n) is 17.7. The molecule has 0 bridgehead atoms. The van der Waals surface area contributed by atoms with Crippen LogP contribution in [0.2, 0.25) is 0 Å². The number of likely N-dealkylation sites (tertiary alicyclic amines) is 1. The number of nitrogens with zero attached hydrogens (tertiary/aromatic N) is 1. The molecule has 4 rings (SSSR count). The molecule has 1 N–H and O–H groups in total. The molecule has 0 spiro atoms. The van der Waals surface area contributed by atoms with Crippen LogP contribution < -0.4 is 0 Å². The predicted octanol–water partition coefficient (Wildman–Crippen LogP) is 0.574. The van der Waals surface area contributed by atoms with Crippen molar-refractivity contribution >= 4 is 23.3 Å². The van der Waals surface area contributed by atoms with E-state index < -0.39 is 65.4 Å². The van der Waals surface area contributed by atoms with Crippen LogP contribution >= 0.6 is 0 Å². The van der Waals surface area contributed by atoms with Gasteiger partial charge in [0.25, 0.3) is 0 Å². The quantitative estimate of drug-likeness (QED) is 0.301. The summed E-state index contributed by atoms with van der Waals surface area (Å²) < 4.78 is 11.7. The molecule has 9 atom stereocenters. The number of ether oxygens (including phenoxy) is 2. The molecule has 162 valence electrons. The van der Waals surface area contributed by atoms with E-state index in [4.69, 9.17) is 9.47 Å². The minimum Gasteiger partial charge on any atom is -0.461 e. The maximum atomic E-state index is 13.1. The first-order valence-corrected chi connectivity index (χ1v) is 10.2. The molecule has 0 aromatic heterocycles. The fourth-order valence-electron chi connectivity index (χ4n) is 5.52. The zero-order valence-corrected chi connectivity index (χ0v) is 17.7. The topological polar surface area (TPSA) is 110 Å². The van der Waals surface area contributed by atoms with Crippen molar-refractivity contribution in [2.45, 2.75) is 63.7 Å². The largest absolute Gasteiger partial charge is 0.461 e. The van der Waals surface area contributed by atoms with Crippen LogP contribution in [0.15, 0.2) is 23.8 Å². The van der Waals surface area contributed by atoms with Gasteiger partial charge in [-0.2, -0.15) is 0 Å². The Morgan fingerprint density at radius 1 is 1.23 bits per heavy atom. The van der Waals surface area contributed by atoms with E-state index in [1.54, 1.807) is 25.8 Å². The summed E-state index contributed by atoms with van der Waals surface area (Å²) in [5, 5.41) is 10.8. The van der Waals surface area contributed by atoms with Gasteiger partial charge >= 0.3 is 5.97 Å². The van der Waals surface area contributed by atoms with Gasteiger partial charge < -0.3 is 14.6 Å². The number of esters is 1. The molecular formula is C22H27NO7. The van der Waals surface area contributed by atoms with Crippen LogP contribution in [0.4, 0.5) is 0 Å². The Balaban J connectivity index is 1.58. The second kappa shape index (κ2) is 6.67. The summed E-state index contributed by atoms with van der Waals surface area (Å²) in [4.78, 5) is 50.9. The van der Waals surface area contributed by atoms with Crippen molar-refractivity contribution < 1.29 is 33.8 Å². The van der Waals surface area contributed by atoms with Crippen LogP contribution in [-0.4, -0.2) is 69.9 Å². The maximum absolute atomic E-state index is 13.1. The second-order valence-electron chi connectivity index (χ2n) is 9.17. The fourth-order valence-corrected chi connectivity index (χ4v) is 5.52. The van der Waals surface area contributed by atoms with Crippen LogP contribution in [-0.2, 0) is 28.7 Å². The molecule has 0 radical (unpaired) electrons. The van der Waals surface area contributed by atoms with E-state index in [1.807, 2.05) is 19.9 Å². The summed E-state index contributed by atoms with van der Waals surface area (Å²) >= 11 is 0. The molecule has 4 aliphatic rings. The van der Waals surface area contributed by atoms with E-state index in [-0.39, 0.29) is 11.7 Å². The Morgan fingerprint density at radius 3 is 2.53 bits per heavy atom. The van der Waals surface area contributed by atoms with Crippen molar-refractivity contribution in [3.8, 4) is 0 Å². The number of aliphatic hydroxyl groups is 1. The number of ketones is 3. The monoisotopic (exact) mass is 417 g/mol. The van der Waals surface area contributed by atoms with Crippen molar-refractivity contribution in [2.24, 2.45) is 17.8 Å². The molecule has 1 aliphatic carbocycles. The number of hydrogen-bond donors (Lipinski definition) is 1. The van der Waals surface area contributed by atoms with Gasteiger partial charge in [0.05, 0.1) is 17.6 Å². The van der Waals surface area contributed by atoms with Crippen LogP contribution in [0.3, 0.4) is 0 Å². The normalized spacial score (nSPS) is 49.6. The van der Waals surface area contributed by atoms with Crippen LogP contribution in [0.5, 0.6) is 0 Å². The van der Waals surface area contributed by atoms with E-state index in [0.29, 0.717) is 0 Å². The number of carbonyl (C=O) groups excluding carboxylic acids is 4. The predicted molar refractivity (Wildman–Crippen MR) is 104 cm³/mol. The molecule has 0 amide bonds. The Morgan fingerprint density at radius 2 is 1.90 bits per heavy atom. The summed E-state index contributed by atoms with van der Waals surface area (Å²) in [5.74, 6) is -4.00. The SMILES string of the molecule is CC1=C/C(C)C(C(C)C2OC3C(C2=O)C2(O)N(C)C32C)OC(=O)CC(=O)C(=O)\C=C\1. The average molecular weight is 417 g/mol. The standard InChI is InChI=1S/C22H27NO7/c1-10-6-7-13(24)14(25)9-15(26)29-18(11(2)8-10)12(3)19-17(27)16-20(30-19)21(4)22(16,28)23(21)5/h6-8,11-12,16,18-20,28H,9H2,1-5H3/b7-6+,10-8-. The third-order valence-electron chi connectivity index (χ3n) is 7.46. The van der Waals surface area contributed by atoms with Gasteiger partial charge in [-0.15, -0.1) is 0 Å². The van der Waals surface area contributed by atoms with E-state index in [0.717, 1.165) is 11.6 Å². The third-order valence-corrected chi connectivity index (χ3v) is 7.46. The molecule has 8 nitrogen and oxygen atoms in total. The number of likely N-dealkylation sites (N-methyl/N-ethyl adjacent to an activating group) is 1. The molecule has 2 saturated heterocycles. The van der Waals surface area contributed by atoms with Gasteiger partial charge in [-0.05, 0) is 27.0 Å². The molecule has 3 fully saturated rings. The summed E-state index contributed by atoms with van der Waals surface area (Å²) in [7, 11) is 1.76. The number of cyclic esters (lactones) is 1. The molecule has 3 aliphatic heterocycles. The van der Waals surface area contributed by atoms with Gasteiger partial charge in [0.2, 0.25) is 11.6 Å². The highest BCUT2D eigenvalue weighted by Crippen LogP contribution is 2.70. The smallest absolute Gasteiger partial charge is 0.314 e. The van der Waals surface area contributed by atoms with Gasteiger partial charge in [0.1, 0.15) is 18.6 Å². The minimum atomic E-state index is -1.17. The lowest BCUT2D eigenvalue weighted by molar-refractivity contribution is -0.161. The Labute approximate surface area is 174 Å². The lowest BCUT2D eigenvalue weighted by Crippen LogP contribution is -2.58. The molecular weight excluding hydrogens is 390 g/mol. The third kappa shape index (κ3) is 2.63. The van der Waals surface area contributed by atoms with Crippen LogP contribution in [0, 0.1) is 17.8 Å². The molecule has 30 heavy (non-hydrogen) atoms. The average Bonchev–Trinajstić information content (AvgIpc) is 2.93. The summed E-state index contributed by atoms with van der Waals surface area (Å²) in [6, 6.07) is 0. The number of hydrogen-bond acceptors (Lipinski definition) is 8. The van der Waals surface area contributed by atoms with E-state index >= 15 is 0 Å². The number of fused-ring (bicyclic) bond motifs is 4. The van der Waals surface area contributed by atoms with Gasteiger partial charge in [-0.1, -0.05) is 31.6 Å². The summed E-state index contributed by atoms with van der Waals surface area (Å²) in [6.45, 7) is 7.27. The van der Waals surface area contributed by atoms with E-state index in [1.165, 1.54) is 6.08 Å². The van der Waals surface area contributed by atoms with Gasteiger partial charge in [0.15, 0.2) is 11.5 Å². The van der Waals surface area contributed by atoms with Crippen molar-refractivity contribution in [1.82, 2.24) is 4.90 Å². The Kier molecular flexibility index (Phi) is 4.69. The first kappa shape index (κ1) is 21.1. The maximum Gasteiger partial charge on any atom is 0.314 e. The van der Waals surface area contributed by atoms with Crippen LogP contribution in [0.25, 0.3) is 0 Å². The van der Waals surface area contributed by atoms with Crippen molar-refractivity contribution in [3.63, 3.8) is 0 Å². The van der Waals surface area contributed by atoms with Gasteiger partial charge in [0, 0.05) is 11.8 Å². The lowest BCUT2D eigenvalue weighted by atomic mass is 9.68. The molecule has 0 aromatic rings. The van der Waals surface area contributed by atoms with E-state index in [2.05, 4.69) is 0 Å². The first-order valence-electron chi connectivity index (χ1n) is 10.2. The number of Topliss-reactive ketones (excluding diaryl/α,β-unsaturated/α-hetero) is 2. The number of allylic oxidation sites excluding steroid dienone is 3. The number of rotatable bonds is 2. The van der Waals surface area contributed by atoms with Gasteiger partial charge in [-0.3, -0.25) is 24.1 Å². The second-order valence-corrected chi connectivity index (χ2v) is 9.17. The van der Waals surface area contributed by atoms with Crippen molar-refractivity contribution in [2.75, 3.05) is 7.05 Å². The zero-order chi connectivity index (χ0) is 22.2. The van der Waals surface area contributed by atoms with E-state index in [9.17, 15) is 24.3 Å². The lowest BCUT2D eigenvalue weighted by Gasteiger charge is -2.36. The van der Waals surface area contributed by atoms with Crippen LogP contribution in [0.1, 0.15) is 34.1 Å². The molecule has 8 heteroatoms. The molecule has 9 unspecified atom stereocenters.